The van der Waals surface area contributed by atoms with E-state index in [0.717, 1.165) is 0 Å². The van der Waals surface area contributed by atoms with Crippen LogP contribution in [-0.4, -0.2) is 17.1 Å². The van der Waals surface area contributed by atoms with Crippen LogP contribution in [0.5, 0.6) is 0 Å². The molecular formula is C5H11NO2. The highest BCUT2D eigenvalue weighted by atomic mass is 16.5. The van der Waals surface area contributed by atoms with Crippen molar-refractivity contribution in [2.45, 2.75) is 19.9 Å². The van der Waals surface area contributed by atoms with E-state index in [4.69, 9.17) is 10.8 Å². The normalized spacial score (nSPS) is 14.0. The number of rotatable bonds is 2. The Morgan fingerprint density at radius 3 is 2.00 bits per heavy atom. The zero-order valence-corrected chi connectivity index (χ0v) is 5.09. The van der Waals surface area contributed by atoms with Crippen molar-refractivity contribution in [1.82, 2.24) is 0 Å². The van der Waals surface area contributed by atoms with Crippen molar-refractivity contribution in [3.8, 4) is 0 Å². The maximum atomic E-state index is 10.0. The maximum absolute atomic E-state index is 10.0. The SMILES string of the molecule is [13CH3]C([13CH3])[13C@H](N)[13C](=O)O. The summed E-state index contributed by atoms with van der Waals surface area (Å²) in [5.74, 6) is -0.910. The van der Waals surface area contributed by atoms with E-state index in [9.17, 15) is 4.79 Å². The van der Waals surface area contributed by atoms with E-state index in [-0.39, 0.29) is 5.92 Å². The molecule has 0 aromatic rings. The van der Waals surface area contributed by atoms with E-state index < -0.39 is 12.0 Å². The molecule has 0 fully saturated rings. The molecular weight excluding hydrogens is 110 g/mol. The van der Waals surface area contributed by atoms with Crippen molar-refractivity contribution >= 4 is 5.97 Å². The predicted octanol–water partition coefficient (Wildman–Crippen LogP) is 0.0543. The van der Waals surface area contributed by atoms with Gasteiger partial charge in [0.2, 0.25) is 0 Å². The lowest BCUT2D eigenvalue weighted by Crippen LogP contribution is -2.34. The summed E-state index contributed by atoms with van der Waals surface area (Å²) in [4.78, 5) is 10.0. The van der Waals surface area contributed by atoms with Gasteiger partial charge >= 0.3 is 5.97 Å². The summed E-state index contributed by atoms with van der Waals surface area (Å²) < 4.78 is 0. The average molecular weight is 121 g/mol. The van der Waals surface area contributed by atoms with E-state index in [1.807, 2.05) is 0 Å². The number of aliphatic carboxylic acids is 1. The molecule has 0 bridgehead atoms. The number of carboxylic acids is 1. The van der Waals surface area contributed by atoms with Crippen molar-refractivity contribution in [1.29, 1.82) is 0 Å². The molecule has 0 spiro atoms. The Bertz CT molecular complexity index is 90.4. The quantitative estimate of drug-likeness (QED) is 0.507. The highest BCUT2D eigenvalue weighted by molar-refractivity contribution is 5.73. The molecule has 3 heteroatoms. The van der Waals surface area contributed by atoms with Crippen LogP contribution in [0.1, 0.15) is 13.8 Å². The number of hydrogen-bond donors (Lipinski definition) is 2. The van der Waals surface area contributed by atoms with Crippen LogP contribution >= 0.6 is 0 Å². The van der Waals surface area contributed by atoms with Crippen LogP contribution in [0.15, 0.2) is 0 Å². The van der Waals surface area contributed by atoms with Crippen LogP contribution in [0.4, 0.5) is 0 Å². The lowest BCUT2D eigenvalue weighted by Gasteiger charge is -2.07. The summed E-state index contributed by atoms with van der Waals surface area (Å²) in [6.07, 6.45) is 0. The standard InChI is InChI=1S/C5H11NO2/c1-3(2)4(6)5(7)8/h3-4H,6H2,1-2H3,(H,7,8)/t4-/m0/s1/i1+1,2+1,4+1,5+1. The predicted molar refractivity (Wildman–Crippen MR) is 30.4 cm³/mol. The minimum absolute atomic E-state index is 0.0208. The molecule has 0 saturated heterocycles. The minimum atomic E-state index is -0.931. The van der Waals surface area contributed by atoms with E-state index in [1.54, 1.807) is 13.8 Å². The summed E-state index contributed by atoms with van der Waals surface area (Å²) in [6.45, 7) is 3.55. The van der Waals surface area contributed by atoms with E-state index in [2.05, 4.69) is 0 Å². The van der Waals surface area contributed by atoms with E-state index >= 15 is 0 Å². The first-order chi connectivity index (χ1) is 3.55. The second kappa shape index (κ2) is 2.67. The van der Waals surface area contributed by atoms with Gasteiger partial charge in [-0.25, -0.2) is 0 Å². The van der Waals surface area contributed by atoms with Crippen LogP contribution < -0.4 is 5.73 Å². The highest BCUT2D eigenvalue weighted by Crippen LogP contribution is 1.96. The summed E-state index contributed by atoms with van der Waals surface area (Å²) >= 11 is 0. The Labute approximate surface area is 48.5 Å². The van der Waals surface area contributed by atoms with Crippen molar-refractivity contribution in [3.05, 3.63) is 0 Å². The van der Waals surface area contributed by atoms with Crippen molar-refractivity contribution in [2.24, 2.45) is 11.7 Å². The summed E-state index contributed by atoms with van der Waals surface area (Å²) in [6, 6.07) is -0.713. The second-order valence-electron chi connectivity index (χ2n) is 2.11. The lowest BCUT2D eigenvalue weighted by atomic mass is 10.6. The van der Waals surface area contributed by atoms with Crippen LogP contribution in [0.3, 0.4) is 0 Å². The molecule has 0 radical (unpaired) electrons. The van der Waals surface area contributed by atoms with Gasteiger partial charge in [0.05, 0.1) is 0 Å². The Morgan fingerprint density at radius 2 is 2.00 bits per heavy atom. The molecule has 48 valence electrons. The Morgan fingerprint density at radius 1 is 1.62 bits per heavy atom. The van der Waals surface area contributed by atoms with Crippen LogP contribution in [0, 0.1) is 5.92 Å². The second-order valence-corrected chi connectivity index (χ2v) is 2.11. The van der Waals surface area contributed by atoms with Gasteiger partial charge in [-0.05, 0) is 5.92 Å². The minimum Gasteiger partial charge on any atom is -0.480 e. The van der Waals surface area contributed by atoms with Gasteiger partial charge in [-0.15, -0.1) is 0 Å². The highest BCUT2D eigenvalue weighted by Gasteiger charge is 2.14. The fourth-order valence-corrected chi connectivity index (χ4v) is 0.285. The van der Waals surface area contributed by atoms with Crippen molar-refractivity contribution < 1.29 is 9.90 Å². The molecule has 0 aliphatic carbocycles. The first kappa shape index (κ1) is 7.43. The smallest absolute Gasteiger partial charge is 0.320 e. The summed E-state index contributed by atoms with van der Waals surface area (Å²) in [7, 11) is 0. The van der Waals surface area contributed by atoms with Gasteiger partial charge in [-0.1, -0.05) is 13.8 Å². The summed E-state index contributed by atoms with van der Waals surface area (Å²) in [5.41, 5.74) is 5.16. The molecule has 0 aromatic heterocycles. The van der Waals surface area contributed by atoms with E-state index in [0.29, 0.717) is 0 Å². The van der Waals surface area contributed by atoms with Crippen molar-refractivity contribution in [2.75, 3.05) is 0 Å². The van der Waals surface area contributed by atoms with Crippen LogP contribution in [-0.2, 0) is 4.79 Å². The third-order valence-corrected chi connectivity index (χ3v) is 1.00. The van der Waals surface area contributed by atoms with Gasteiger partial charge in [-0.2, -0.15) is 0 Å². The number of nitrogens with two attached hydrogens (primary N) is 1. The monoisotopic (exact) mass is 121 g/mol. The zero-order valence-electron chi connectivity index (χ0n) is 5.09. The zero-order chi connectivity index (χ0) is 6.73. The number of hydrogen-bond acceptors (Lipinski definition) is 2. The third kappa shape index (κ3) is 1.93. The molecule has 8 heavy (non-hydrogen) atoms. The molecule has 3 nitrogen and oxygen atoms in total. The fourth-order valence-electron chi connectivity index (χ4n) is 0.285. The fraction of sp³-hybridized carbons (Fsp3) is 0.800. The Hall–Kier alpha value is -0.570. The molecule has 0 unspecified atom stereocenters. The Kier molecular flexibility index (Phi) is 2.48. The van der Waals surface area contributed by atoms with Gasteiger partial charge in [0, 0.05) is 0 Å². The number of carboxylic acid groups (broad SMARTS) is 1. The van der Waals surface area contributed by atoms with Gasteiger partial charge in [-0.3, -0.25) is 4.79 Å². The van der Waals surface area contributed by atoms with E-state index in [1.165, 1.54) is 0 Å². The topological polar surface area (TPSA) is 63.3 Å². The third-order valence-electron chi connectivity index (χ3n) is 1.00. The molecule has 0 heterocycles. The molecule has 0 rings (SSSR count). The summed E-state index contributed by atoms with van der Waals surface area (Å²) in [5, 5.41) is 8.23. The van der Waals surface area contributed by atoms with Crippen LogP contribution in [0.2, 0.25) is 0 Å². The lowest BCUT2D eigenvalue weighted by molar-refractivity contribution is -0.139. The number of carbonyl (C=O) groups is 1. The van der Waals surface area contributed by atoms with Crippen LogP contribution in [0.25, 0.3) is 0 Å². The molecule has 3 N–H and O–H groups in total. The van der Waals surface area contributed by atoms with Crippen molar-refractivity contribution in [3.63, 3.8) is 0 Å². The first-order valence-electron chi connectivity index (χ1n) is 2.54. The molecule has 0 saturated carbocycles. The Balaban J connectivity index is 3.64. The molecule has 1 atom stereocenters. The first-order valence-corrected chi connectivity index (χ1v) is 2.54. The van der Waals surface area contributed by atoms with Gasteiger partial charge < -0.3 is 10.8 Å². The largest absolute Gasteiger partial charge is 0.480 e. The van der Waals surface area contributed by atoms with Gasteiger partial charge in [0.25, 0.3) is 0 Å². The molecule has 0 aliphatic heterocycles. The van der Waals surface area contributed by atoms with Gasteiger partial charge in [0.15, 0.2) is 0 Å². The van der Waals surface area contributed by atoms with Gasteiger partial charge in [0.1, 0.15) is 6.04 Å². The average Bonchev–Trinajstić information content (AvgIpc) is 1.64. The molecule has 0 aromatic carbocycles. The molecule has 0 aliphatic rings. The molecule has 0 amide bonds. The maximum Gasteiger partial charge on any atom is 0.320 e.